The minimum absolute atomic E-state index is 0.0492. The molecule has 2 unspecified atom stereocenters. The average Bonchev–Trinajstić information content (AvgIpc) is 3.51. The number of β-amino-alcohol motifs (C(OH)–C–C–N with tert-alkyl or cyclic N) is 1. The summed E-state index contributed by atoms with van der Waals surface area (Å²) in [5.74, 6) is -2.10. The molecular weight excluding hydrogens is 522 g/mol. The highest BCUT2D eigenvalue weighted by atomic mass is 35.5. The van der Waals surface area contributed by atoms with E-state index in [1.807, 2.05) is 26.8 Å². The van der Waals surface area contributed by atoms with E-state index in [4.69, 9.17) is 21.1 Å². The molecule has 0 aliphatic carbocycles. The zero-order valence-corrected chi connectivity index (χ0v) is 23.1. The van der Waals surface area contributed by atoms with Crippen LogP contribution in [0.1, 0.15) is 38.7 Å². The molecule has 3 fully saturated rings. The van der Waals surface area contributed by atoms with Gasteiger partial charge in [-0.1, -0.05) is 30.7 Å². The maximum Gasteiger partial charge on any atom is 0.250 e. The molecule has 1 spiro atoms. The lowest BCUT2D eigenvalue weighted by Crippen LogP contribution is -2.53. The molecule has 5 atom stereocenters. The third-order valence-corrected chi connectivity index (χ3v) is 8.77. The highest BCUT2D eigenvalue weighted by molar-refractivity contribution is 6.34. The zero-order valence-electron chi connectivity index (χ0n) is 22.3. The summed E-state index contributed by atoms with van der Waals surface area (Å²) < 4.78 is 12.2. The number of carbonyl (C=O) groups excluding carboxylic acids is 3. The van der Waals surface area contributed by atoms with Crippen molar-refractivity contribution in [3.05, 3.63) is 53.1 Å². The van der Waals surface area contributed by atoms with Gasteiger partial charge in [-0.15, -0.1) is 0 Å². The van der Waals surface area contributed by atoms with Gasteiger partial charge >= 0.3 is 0 Å². The lowest BCUT2D eigenvalue weighted by molar-refractivity contribution is -0.144. The second-order valence-electron chi connectivity index (χ2n) is 10.5. The summed E-state index contributed by atoms with van der Waals surface area (Å²) in [5.41, 5.74) is -0.254. The maximum absolute atomic E-state index is 13.9. The first-order chi connectivity index (χ1) is 18.7. The fourth-order valence-corrected chi connectivity index (χ4v) is 7.04. The number of anilines is 2. The van der Waals surface area contributed by atoms with Crippen molar-refractivity contribution in [2.45, 2.75) is 57.3 Å². The Morgan fingerprint density at radius 3 is 2.51 bits per heavy atom. The molecule has 2 bridgehead atoms. The van der Waals surface area contributed by atoms with Crippen LogP contribution in [-0.2, 0) is 19.1 Å². The molecular formula is C29H34ClN3O6. The predicted molar refractivity (Wildman–Crippen MR) is 147 cm³/mol. The lowest BCUT2D eigenvalue weighted by Gasteiger charge is -2.34. The monoisotopic (exact) mass is 555 g/mol. The van der Waals surface area contributed by atoms with Crippen LogP contribution in [0.2, 0.25) is 5.02 Å². The zero-order chi connectivity index (χ0) is 27.9. The third-order valence-electron chi connectivity index (χ3n) is 8.46. The number of nitrogens with one attached hydrogen (secondary N) is 2. The van der Waals surface area contributed by atoms with E-state index in [0.29, 0.717) is 48.0 Å². The molecule has 2 aromatic carbocycles. The van der Waals surface area contributed by atoms with E-state index in [-0.39, 0.29) is 25.0 Å². The fraction of sp³-hybridized carbons (Fsp3) is 0.483. The van der Waals surface area contributed by atoms with Crippen molar-refractivity contribution in [2.24, 2.45) is 11.8 Å². The minimum atomic E-state index is -1.19. The van der Waals surface area contributed by atoms with E-state index >= 15 is 0 Å². The van der Waals surface area contributed by atoms with Crippen molar-refractivity contribution in [1.29, 1.82) is 0 Å². The fourth-order valence-electron chi connectivity index (χ4n) is 6.77. The number of aliphatic hydroxyl groups excluding tert-OH is 1. The third kappa shape index (κ3) is 4.37. The van der Waals surface area contributed by atoms with Crippen molar-refractivity contribution < 1.29 is 29.0 Å². The van der Waals surface area contributed by atoms with Crippen LogP contribution in [0.4, 0.5) is 11.4 Å². The number of amides is 3. The number of carbonyl (C=O) groups is 3. The van der Waals surface area contributed by atoms with E-state index < -0.39 is 35.0 Å². The lowest BCUT2D eigenvalue weighted by atomic mass is 9.65. The van der Waals surface area contributed by atoms with Crippen molar-refractivity contribution in [3.63, 3.8) is 0 Å². The molecule has 9 nitrogen and oxygen atoms in total. The molecule has 10 heteroatoms. The molecule has 3 amide bonds. The second kappa shape index (κ2) is 10.4. The Kier molecular flexibility index (Phi) is 7.35. The van der Waals surface area contributed by atoms with Crippen LogP contribution in [0.25, 0.3) is 0 Å². The molecule has 0 aromatic heterocycles. The number of rotatable bonds is 9. The number of hydrogen-bond donors (Lipinski definition) is 3. The summed E-state index contributed by atoms with van der Waals surface area (Å²) in [4.78, 5) is 43.0. The van der Waals surface area contributed by atoms with E-state index in [1.54, 1.807) is 36.4 Å². The number of hydrogen-bond acceptors (Lipinski definition) is 6. The van der Waals surface area contributed by atoms with Crippen LogP contribution in [0.5, 0.6) is 5.75 Å². The number of likely N-dealkylation sites (tertiary alicyclic amines) is 1. The summed E-state index contributed by atoms with van der Waals surface area (Å²) in [6.07, 6.45) is 1.50. The van der Waals surface area contributed by atoms with E-state index in [1.165, 1.54) is 4.90 Å². The Morgan fingerprint density at radius 1 is 1.13 bits per heavy atom. The normalized spacial score (nSPS) is 28.9. The van der Waals surface area contributed by atoms with Crippen molar-refractivity contribution in [3.8, 4) is 5.75 Å². The van der Waals surface area contributed by atoms with Gasteiger partial charge in [-0.05, 0) is 69.0 Å². The standard InChI is InChI=1S/C29H34ClN3O6/c1-4-28-13-14-29(39-28)22(21(28)25(35)31-18-9-11-19(12-10-18)38-5-2)27(37)33(15-16-34)24(29)26(36)32-23-17(3)7-6-8-20(23)30/h6-12,21-22,24,34H,4-5,13-16H2,1-3H3,(H,31,35)(H,32,36)/t21-,22-,24?,28+,29?/m0/s1. The van der Waals surface area contributed by atoms with Crippen LogP contribution in [-0.4, -0.2) is 64.7 Å². The molecule has 3 heterocycles. The number of ether oxygens (including phenoxy) is 2. The number of fused-ring (bicyclic) bond motifs is 1. The van der Waals surface area contributed by atoms with E-state index in [0.717, 1.165) is 5.56 Å². The Balaban J connectivity index is 1.48. The molecule has 3 N–H and O–H groups in total. The Hall–Kier alpha value is -3.14. The molecule has 208 valence electrons. The summed E-state index contributed by atoms with van der Waals surface area (Å²) in [7, 11) is 0. The molecule has 5 rings (SSSR count). The Morgan fingerprint density at radius 2 is 1.87 bits per heavy atom. The number of aliphatic hydroxyl groups is 1. The number of nitrogens with zero attached hydrogens (tertiary/aromatic N) is 1. The summed E-state index contributed by atoms with van der Waals surface area (Å²) in [5, 5.41) is 16.1. The summed E-state index contributed by atoms with van der Waals surface area (Å²) >= 11 is 6.38. The molecule has 3 saturated heterocycles. The summed E-state index contributed by atoms with van der Waals surface area (Å²) in [6, 6.07) is 11.3. The first-order valence-electron chi connectivity index (χ1n) is 13.4. The van der Waals surface area contributed by atoms with Gasteiger partial charge in [0.15, 0.2) is 0 Å². The molecule has 3 aliphatic rings. The molecule has 2 aromatic rings. The van der Waals surface area contributed by atoms with Crippen LogP contribution in [0.3, 0.4) is 0 Å². The first-order valence-corrected chi connectivity index (χ1v) is 13.8. The molecule has 0 saturated carbocycles. The largest absolute Gasteiger partial charge is 0.494 e. The minimum Gasteiger partial charge on any atom is -0.494 e. The number of para-hydroxylation sites is 1. The summed E-state index contributed by atoms with van der Waals surface area (Å²) in [6.45, 7) is 5.82. The Labute approximate surface area is 232 Å². The van der Waals surface area contributed by atoms with Gasteiger partial charge in [-0.25, -0.2) is 0 Å². The van der Waals surface area contributed by atoms with E-state index in [9.17, 15) is 19.5 Å². The van der Waals surface area contributed by atoms with Crippen molar-refractivity contribution in [1.82, 2.24) is 4.90 Å². The van der Waals surface area contributed by atoms with Gasteiger partial charge in [0.05, 0.1) is 41.4 Å². The van der Waals surface area contributed by atoms with Crippen molar-refractivity contribution >= 4 is 40.7 Å². The predicted octanol–water partition coefficient (Wildman–Crippen LogP) is 3.77. The van der Waals surface area contributed by atoms with Crippen LogP contribution in [0, 0.1) is 18.8 Å². The highest BCUT2D eigenvalue weighted by Gasteiger charge is 2.78. The van der Waals surface area contributed by atoms with Gasteiger partial charge < -0.3 is 30.1 Å². The molecule has 0 radical (unpaired) electrons. The number of benzene rings is 2. The van der Waals surface area contributed by atoms with E-state index in [2.05, 4.69) is 10.6 Å². The van der Waals surface area contributed by atoms with Crippen LogP contribution in [0.15, 0.2) is 42.5 Å². The van der Waals surface area contributed by atoms with Gasteiger partial charge in [0.1, 0.15) is 17.4 Å². The van der Waals surface area contributed by atoms with Gasteiger partial charge in [0.2, 0.25) is 17.7 Å². The topological polar surface area (TPSA) is 117 Å². The van der Waals surface area contributed by atoms with Crippen molar-refractivity contribution in [2.75, 3.05) is 30.4 Å². The molecule has 3 aliphatic heterocycles. The van der Waals surface area contributed by atoms with Gasteiger partial charge in [0.25, 0.3) is 0 Å². The van der Waals surface area contributed by atoms with Gasteiger partial charge in [0, 0.05) is 12.2 Å². The SMILES string of the molecule is CCOc1ccc(NC(=O)[C@@H]2[C@H]3C(=O)N(CCO)C(C(=O)Nc4c(C)cccc4Cl)C34CC[C@@]2(CC)O4)cc1. The maximum atomic E-state index is 13.9. The van der Waals surface area contributed by atoms with Gasteiger partial charge in [-0.2, -0.15) is 0 Å². The number of aryl methyl sites for hydroxylation is 1. The second-order valence-corrected chi connectivity index (χ2v) is 10.9. The first kappa shape index (κ1) is 27.4. The van der Waals surface area contributed by atoms with Crippen LogP contribution < -0.4 is 15.4 Å². The van der Waals surface area contributed by atoms with Gasteiger partial charge in [-0.3, -0.25) is 14.4 Å². The Bertz CT molecular complexity index is 1270. The average molecular weight is 556 g/mol. The quantitative estimate of drug-likeness (QED) is 0.433. The molecule has 39 heavy (non-hydrogen) atoms. The number of halogens is 1. The van der Waals surface area contributed by atoms with Crippen LogP contribution >= 0.6 is 11.6 Å². The smallest absolute Gasteiger partial charge is 0.250 e. The highest BCUT2D eigenvalue weighted by Crippen LogP contribution is 2.64.